The fourth-order valence-electron chi connectivity index (χ4n) is 1.12. The number of hydrogen-bond donors (Lipinski definition) is 0. The topological polar surface area (TPSA) is 37.7 Å². The van der Waals surface area contributed by atoms with Crippen molar-refractivity contribution in [2.45, 2.75) is 0 Å². The van der Waals surface area contributed by atoms with Crippen LogP contribution in [0.2, 0.25) is 0 Å². The zero-order chi connectivity index (χ0) is 7.84. The summed E-state index contributed by atoms with van der Waals surface area (Å²) in [5, 5.41) is 10.8. The Balaban J connectivity index is 2.86. The molecule has 0 aliphatic heterocycles. The highest BCUT2D eigenvalue weighted by molar-refractivity contribution is 5.76. The van der Waals surface area contributed by atoms with Gasteiger partial charge in [0, 0.05) is 13.1 Å². The number of hydrogen-bond acceptors (Lipinski definition) is 1. The van der Waals surface area contributed by atoms with E-state index in [4.69, 9.17) is 0 Å². The number of rotatable bonds is 0. The van der Waals surface area contributed by atoms with Crippen molar-refractivity contribution >= 4 is 11.0 Å². The zero-order valence-electron chi connectivity index (χ0n) is 6.11. The number of imidazole rings is 1. The number of nitrogens with zero attached hydrogens (tertiary/aromatic N) is 2. The molecule has 1 radical (unpaired) electrons. The third kappa shape index (κ3) is 0.852. The van der Waals surface area contributed by atoms with E-state index >= 15 is 0 Å². The van der Waals surface area contributed by atoms with Gasteiger partial charge in [-0.15, -0.1) is 0 Å². The Morgan fingerprint density at radius 3 is 3.09 bits per heavy atom. The molecule has 3 heteroatoms. The van der Waals surface area contributed by atoms with Crippen molar-refractivity contribution in [1.82, 2.24) is 9.55 Å². The zero-order valence-corrected chi connectivity index (χ0v) is 6.11. The van der Waals surface area contributed by atoms with Gasteiger partial charge in [0.1, 0.15) is 0 Å². The molecule has 0 unspecified atom stereocenters. The van der Waals surface area contributed by atoms with Crippen molar-refractivity contribution in [3.63, 3.8) is 0 Å². The van der Waals surface area contributed by atoms with E-state index in [0.29, 0.717) is 0 Å². The fraction of sp³-hybridized carbons (Fsp3) is 0.125. The number of aromatic nitrogens is 2. The Kier molecular flexibility index (Phi) is 1.12. The normalized spacial score (nSPS) is 10.6. The van der Waals surface area contributed by atoms with Gasteiger partial charge < -0.3 is 4.57 Å². The highest BCUT2D eigenvalue weighted by atomic mass is 16.3. The third-order valence-corrected chi connectivity index (χ3v) is 1.70. The Labute approximate surface area is 63.9 Å². The van der Waals surface area contributed by atoms with Crippen molar-refractivity contribution in [1.29, 1.82) is 0 Å². The van der Waals surface area contributed by atoms with E-state index in [0.717, 1.165) is 11.0 Å². The first-order valence-electron chi connectivity index (χ1n) is 3.35. The molecule has 0 saturated carbocycles. The fourth-order valence-corrected chi connectivity index (χ4v) is 1.12. The largest absolute Gasteiger partial charge is 0.334 e. The van der Waals surface area contributed by atoms with Crippen LogP contribution in [0.1, 0.15) is 0 Å². The number of aryl methyl sites for hydroxylation is 1. The van der Waals surface area contributed by atoms with Gasteiger partial charge >= 0.3 is 0 Å². The predicted molar refractivity (Wildman–Crippen MR) is 40.8 cm³/mol. The summed E-state index contributed by atoms with van der Waals surface area (Å²) >= 11 is 0. The minimum atomic E-state index is 0.0104. The van der Waals surface area contributed by atoms with Crippen molar-refractivity contribution in [3.05, 3.63) is 24.5 Å². The Morgan fingerprint density at radius 1 is 1.45 bits per heavy atom. The molecule has 1 aromatic carbocycles. The van der Waals surface area contributed by atoms with Crippen LogP contribution in [0, 0.1) is 0 Å². The number of fused-ring (bicyclic) bond motifs is 1. The van der Waals surface area contributed by atoms with Gasteiger partial charge in [0.05, 0.1) is 17.4 Å². The van der Waals surface area contributed by atoms with Crippen molar-refractivity contribution in [2.24, 2.45) is 7.05 Å². The van der Waals surface area contributed by atoms with E-state index in [1.807, 2.05) is 11.6 Å². The summed E-state index contributed by atoms with van der Waals surface area (Å²) in [6.45, 7) is 0. The molecule has 0 N–H and O–H groups in total. The lowest BCUT2D eigenvalue weighted by Gasteiger charge is -1.91. The van der Waals surface area contributed by atoms with Crippen LogP contribution in [0.3, 0.4) is 0 Å². The van der Waals surface area contributed by atoms with Gasteiger partial charge in [-0.05, 0) is 12.1 Å². The molecule has 0 bridgehead atoms. The third-order valence-electron chi connectivity index (χ3n) is 1.70. The summed E-state index contributed by atoms with van der Waals surface area (Å²) in [5.74, 6) is 0.0104. The van der Waals surface area contributed by atoms with Gasteiger partial charge in [-0.1, -0.05) is 0 Å². The summed E-state index contributed by atoms with van der Waals surface area (Å²) in [7, 11) is 1.90. The van der Waals surface area contributed by atoms with Crippen LogP contribution >= 0.6 is 0 Å². The van der Waals surface area contributed by atoms with E-state index < -0.39 is 0 Å². The first-order valence-corrected chi connectivity index (χ1v) is 3.35. The Bertz CT molecular complexity index is 392. The molecular weight excluding hydrogens is 140 g/mol. The van der Waals surface area contributed by atoms with Crippen LogP contribution in [0.15, 0.2) is 24.5 Å². The molecule has 1 heterocycles. The van der Waals surface area contributed by atoms with Crippen LogP contribution < -0.4 is 0 Å². The molecular formula is C8H7N2O. The predicted octanol–water partition coefficient (Wildman–Crippen LogP) is 1.72. The molecule has 1 aromatic heterocycles. The first kappa shape index (κ1) is 6.22. The molecule has 11 heavy (non-hydrogen) atoms. The monoisotopic (exact) mass is 147 g/mol. The second kappa shape index (κ2) is 1.99. The van der Waals surface area contributed by atoms with Crippen LogP contribution in [0.4, 0.5) is 0 Å². The van der Waals surface area contributed by atoms with Crippen LogP contribution in [-0.2, 0) is 12.2 Å². The van der Waals surface area contributed by atoms with Crippen LogP contribution in [0.5, 0.6) is 5.75 Å². The van der Waals surface area contributed by atoms with E-state index in [-0.39, 0.29) is 5.75 Å². The smallest absolute Gasteiger partial charge is 0.180 e. The van der Waals surface area contributed by atoms with Gasteiger partial charge in [0.25, 0.3) is 0 Å². The maximum atomic E-state index is 10.8. The lowest BCUT2D eigenvalue weighted by molar-refractivity contribution is 0.355. The highest BCUT2D eigenvalue weighted by Gasteiger charge is 1.99. The average molecular weight is 147 g/mol. The molecule has 2 aromatic rings. The molecule has 0 aliphatic carbocycles. The highest BCUT2D eigenvalue weighted by Crippen LogP contribution is 2.17. The lowest BCUT2D eigenvalue weighted by Crippen LogP contribution is -1.81. The Hall–Kier alpha value is -1.51. The molecule has 0 atom stereocenters. The molecule has 0 aliphatic rings. The van der Waals surface area contributed by atoms with Crippen molar-refractivity contribution in [3.8, 4) is 5.75 Å². The van der Waals surface area contributed by atoms with Crippen molar-refractivity contribution < 1.29 is 5.11 Å². The standard InChI is InChI=1S/C8H7N2O/c1-10-5-9-7-4-6(11)2-3-8(7)10/h2-5H,1H3. The van der Waals surface area contributed by atoms with E-state index in [1.165, 1.54) is 6.07 Å². The summed E-state index contributed by atoms with van der Waals surface area (Å²) in [4.78, 5) is 4.04. The lowest BCUT2D eigenvalue weighted by atomic mass is 10.3. The first-order chi connectivity index (χ1) is 5.27. The Morgan fingerprint density at radius 2 is 2.27 bits per heavy atom. The molecule has 55 valence electrons. The van der Waals surface area contributed by atoms with Crippen LogP contribution in [-0.4, -0.2) is 9.55 Å². The second-order valence-corrected chi connectivity index (χ2v) is 2.51. The quantitative estimate of drug-likeness (QED) is 0.559. The summed E-state index contributed by atoms with van der Waals surface area (Å²) in [6.07, 6.45) is 1.70. The molecule has 0 saturated heterocycles. The maximum Gasteiger partial charge on any atom is 0.180 e. The summed E-state index contributed by atoms with van der Waals surface area (Å²) in [6, 6.07) is 4.87. The van der Waals surface area contributed by atoms with Gasteiger partial charge in [-0.2, -0.15) is 0 Å². The summed E-state index contributed by atoms with van der Waals surface area (Å²) in [5.41, 5.74) is 1.75. The minimum Gasteiger partial charge on any atom is -0.334 e. The maximum absolute atomic E-state index is 10.8. The molecule has 0 fully saturated rings. The SMILES string of the molecule is Cn1cnc2cc([O])ccc21. The number of benzene rings is 1. The summed E-state index contributed by atoms with van der Waals surface area (Å²) < 4.78 is 1.88. The van der Waals surface area contributed by atoms with Gasteiger partial charge in [0.15, 0.2) is 5.75 Å². The average Bonchev–Trinajstić information content (AvgIpc) is 2.32. The van der Waals surface area contributed by atoms with E-state index in [9.17, 15) is 5.11 Å². The van der Waals surface area contributed by atoms with E-state index in [2.05, 4.69) is 4.98 Å². The molecule has 0 amide bonds. The van der Waals surface area contributed by atoms with Gasteiger partial charge in [-0.3, -0.25) is 5.11 Å². The van der Waals surface area contributed by atoms with Gasteiger partial charge in [0.2, 0.25) is 0 Å². The van der Waals surface area contributed by atoms with Gasteiger partial charge in [-0.25, -0.2) is 4.98 Å². The molecule has 0 spiro atoms. The second-order valence-electron chi connectivity index (χ2n) is 2.51. The molecule has 3 nitrogen and oxygen atoms in total. The van der Waals surface area contributed by atoms with Crippen molar-refractivity contribution in [2.75, 3.05) is 0 Å². The van der Waals surface area contributed by atoms with E-state index in [1.54, 1.807) is 18.5 Å². The van der Waals surface area contributed by atoms with Crippen LogP contribution in [0.25, 0.3) is 11.0 Å². The minimum absolute atomic E-state index is 0.0104. The molecule has 2 rings (SSSR count).